The molecule has 0 aliphatic carbocycles. The fraction of sp³-hybridized carbons (Fsp3) is 0.125. The molecule has 1 aromatic carbocycles. The number of carbonyl (C=O) groups excluding carboxylic acids is 1. The molecule has 0 aliphatic heterocycles. The van der Waals surface area contributed by atoms with Crippen LogP contribution in [0.15, 0.2) is 22.7 Å². The van der Waals surface area contributed by atoms with E-state index in [0.717, 1.165) is 6.07 Å². The van der Waals surface area contributed by atoms with Crippen LogP contribution in [-0.2, 0) is 0 Å². The van der Waals surface area contributed by atoms with E-state index in [1.807, 2.05) is 0 Å². The lowest BCUT2D eigenvalue weighted by Crippen LogP contribution is -2.03. The van der Waals surface area contributed by atoms with Crippen molar-refractivity contribution in [3.63, 3.8) is 0 Å². The summed E-state index contributed by atoms with van der Waals surface area (Å²) in [6.45, 7) is -1.17. The third-order valence-electron chi connectivity index (χ3n) is 1.35. The average Bonchev–Trinajstić information content (AvgIpc) is 2.08. The van der Waals surface area contributed by atoms with Gasteiger partial charge in [-0.05, 0) is 18.2 Å². The Hall–Kier alpha value is -0.770. The van der Waals surface area contributed by atoms with Crippen molar-refractivity contribution in [2.24, 2.45) is 0 Å². The molecule has 0 heterocycles. The maximum Gasteiger partial charge on any atom is 0.196 e. The standard InChI is InChI=1S/C8H5BrF2O/c9-5-1-2-7(11)6(3-5)8(12)4-10/h1-3H,4H2. The maximum atomic E-state index is 12.8. The predicted octanol–water partition coefficient (Wildman–Crippen LogP) is 2.74. The number of ketones is 1. The topological polar surface area (TPSA) is 17.1 Å². The summed E-state index contributed by atoms with van der Waals surface area (Å²) in [6, 6.07) is 3.83. The van der Waals surface area contributed by atoms with E-state index in [-0.39, 0.29) is 5.56 Å². The van der Waals surface area contributed by atoms with Gasteiger partial charge in [0.25, 0.3) is 0 Å². The first-order valence-corrected chi connectivity index (χ1v) is 3.98. The smallest absolute Gasteiger partial charge is 0.196 e. The van der Waals surface area contributed by atoms with Gasteiger partial charge in [0.2, 0.25) is 0 Å². The Balaban J connectivity index is 3.13. The first-order valence-electron chi connectivity index (χ1n) is 3.19. The summed E-state index contributed by atoms with van der Waals surface area (Å²) in [6.07, 6.45) is 0. The average molecular weight is 235 g/mol. The molecule has 0 bridgehead atoms. The molecule has 0 aromatic heterocycles. The first kappa shape index (κ1) is 9.32. The van der Waals surface area contributed by atoms with Crippen LogP contribution in [0.3, 0.4) is 0 Å². The van der Waals surface area contributed by atoms with Gasteiger partial charge in [0.1, 0.15) is 5.82 Å². The molecule has 0 aliphatic rings. The molecule has 0 atom stereocenters. The van der Waals surface area contributed by atoms with Crippen molar-refractivity contribution in [2.75, 3.05) is 6.67 Å². The number of benzene rings is 1. The summed E-state index contributed by atoms with van der Waals surface area (Å²) in [5, 5.41) is 0. The van der Waals surface area contributed by atoms with Gasteiger partial charge in [-0.2, -0.15) is 0 Å². The maximum absolute atomic E-state index is 12.8. The van der Waals surface area contributed by atoms with Crippen LogP contribution in [0.1, 0.15) is 10.4 Å². The van der Waals surface area contributed by atoms with Gasteiger partial charge >= 0.3 is 0 Å². The fourth-order valence-corrected chi connectivity index (χ4v) is 1.14. The van der Waals surface area contributed by atoms with E-state index in [0.29, 0.717) is 4.47 Å². The zero-order valence-corrected chi connectivity index (χ0v) is 7.57. The Morgan fingerprint density at radius 1 is 1.50 bits per heavy atom. The molecular weight excluding hydrogens is 230 g/mol. The van der Waals surface area contributed by atoms with E-state index in [1.165, 1.54) is 12.1 Å². The van der Waals surface area contributed by atoms with Crippen LogP contribution in [0.2, 0.25) is 0 Å². The van der Waals surface area contributed by atoms with Crippen molar-refractivity contribution < 1.29 is 13.6 Å². The lowest BCUT2D eigenvalue weighted by atomic mass is 10.1. The Labute approximate surface area is 76.5 Å². The number of alkyl halides is 1. The van der Waals surface area contributed by atoms with Crippen LogP contribution in [0.25, 0.3) is 0 Å². The van der Waals surface area contributed by atoms with Gasteiger partial charge in [0, 0.05) is 4.47 Å². The zero-order chi connectivity index (χ0) is 9.14. The van der Waals surface area contributed by atoms with E-state index in [9.17, 15) is 13.6 Å². The van der Waals surface area contributed by atoms with Gasteiger partial charge in [0.15, 0.2) is 12.5 Å². The number of halogens is 3. The third kappa shape index (κ3) is 1.88. The minimum absolute atomic E-state index is 0.216. The van der Waals surface area contributed by atoms with Crippen LogP contribution >= 0.6 is 15.9 Å². The third-order valence-corrected chi connectivity index (χ3v) is 1.84. The molecule has 0 amide bonds. The Morgan fingerprint density at radius 2 is 2.17 bits per heavy atom. The monoisotopic (exact) mass is 234 g/mol. The molecule has 1 rings (SSSR count). The molecule has 0 N–H and O–H groups in total. The highest BCUT2D eigenvalue weighted by atomic mass is 79.9. The van der Waals surface area contributed by atoms with E-state index in [4.69, 9.17) is 0 Å². The Bertz CT molecular complexity index is 312. The highest BCUT2D eigenvalue weighted by molar-refractivity contribution is 9.10. The second kappa shape index (κ2) is 3.76. The number of Topliss-reactive ketones (excluding diaryl/α,β-unsaturated/α-hetero) is 1. The highest BCUT2D eigenvalue weighted by Crippen LogP contribution is 2.15. The second-order valence-electron chi connectivity index (χ2n) is 2.18. The predicted molar refractivity (Wildman–Crippen MR) is 44.4 cm³/mol. The molecule has 1 nitrogen and oxygen atoms in total. The molecule has 0 saturated carbocycles. The van der Waals surface area contributed by atoms with Crippen molar-refractivity contribution in [3.05, 3.63) is 34.1 Å². The van der Waals surface area contributed by atoms with Crippen LogP contribution in [0.5, 0.6) is 0 Å². The summed E-state index contributed by atoms with van der Waals surface area (Å²) in [5.41, 5.74) is -0.216. The van der Waals surface area contributed by atoms with Crippen LogP contribution in [-0.4, -0.2) is 12.5 Å². The highest BCUT2D eigenvalue weighted by Gasteiger charge is 2.10. The summed E-state index contributed by atoms with van der Waals surface area (Å²) in [5.74, 6) is -1.53. The summed E-state index contributed by atoms with van der Waals surface area (Å²) in [7, 11) is 0. The van der Waals surface area contributed by atoms with Gasteiger partial charge in [-0.3, -0.25) is 4.79 Å². The van der Waals surface area contributed by atoms with Crippen LogP contribution < -0.4 is 0 Å². The fourth-order valence-electron chi connectivity index (χ4n) is 0.783. The van der Waals surface area contributed by atoms with Crippen molar-refractivity contribution in [1.82, 2.24) is 0 Å². The SMILES string of the molecule is O=C(CF)c1cc(Br)ccc1F. The molecule has 0 radical (unpaired) electrons. The van der Waals surface area contributed by atoms with Crippen LogP contribution in [0.4, 0.5) is 8.78 Å². The van der Waals surface area contributed by atoms with Crippen LogP contribution in [0, 0.1) is 5.82 Å². The van der Waals surface area contributed by atoms with E-state index < -0.39 is 18.3 Å². The zero-order valence-electron chi connectivity index (χ0n) is 5.98. The quantitative estimate of drug-likeness (QED) is 0.720. The van der Waals surface area contributed by atoms with Crippen molar-refractivity contribution >= 4 is 21.7 Å². The number of rotatable bonds is 2. The summed E-state index contributed by atoms with van der Waals surface area (Å²) < 4.78 is 25.2. The molecule has 0 fully saturated rings. The van der Waals surface area contributed by atoms with Gasteiger partial charge in [0.05, 0.1) is 5.56 Å². The van der Waals surface area contributed by atoms with Gasteiger partial charge < -0.3 is 0 Å². The van der Waals surface area contributed by atoms with Crippen molar-refractivity contribution in [1.29, 1.82) is 0 Å². The number of hydrogen-bond donors (Lipinski definition) is 0. The molecule has 1 aromatic rings. The largest absolute Gasteiger partial charge is 0.291 e. The molecular formula is C8H5BrF2O. The van der Waals surface area contributed by atoms with E-state index >= 15 is 0 Å². The normalized spacial score (nSPS) is 9.92. The van der Waals surface area contributed by atoms with Gasteiger partial charge in [-0.25, -0.2) is 8.78 Å². The number of carbonyl (C=O) groups is 1. The summed E-state index contributed by atoms with van der Waals surface area (Å²) >= 11 is 3.05. The molecule has 0 unspecified atom stereocenters. The summed E-state index contributed by atoms with van der Waals surface area (Å²) in [4.78, 5) is 10.8. The lowest BCUT2D eigenvalue weighted by molar-refractivity contribution is 0.0954. The van der Waals surface area contributed by atoms with Crippen molar-refractivity contribution in [3.8, 4) is 0 Å². The van der Waals surface area contributed by atoms with E-state index in [2.05, 4.69) is 15.9 Å². The van der Waals surface area contributed by atoms with Crippen molar-refractivity contribution in [2.45, 2.75) is 0 Å². The molecule has 0 saturated heterocycles. The molecule has 0 spiro atoms. The second-order valence-corrected chi connectivity index (χ2v) is 3.10. The first-order chi connectivity index (χ1) is 5.65. The van der Waals surface area contributed by atoms with Gasteiger partial charge in [-0.1, -0.05) is 15.9 Å². The van der Waals surface area contributed by atoms with Gasteiger partial charge in [-0.15, -0.1) is 0 Å². The number of hydrogen-bond acceptors (Lipinski definition) is 1. The van der Waals surface area contributed by atoms with E-state index in [1.54, 1.807) is 0 Å². The molecule has 64 valence electrons. The minimum Gasteiger partial charge on any atom is -0.291 e. The Kier molecular flexibility index (Phi) is 2.92. The minimum atomic E-state index is -1.17. The molecule has 4 heteroatoms. The molecule has 12 heavy (non-hydrogen) atoms. The Morgan fingerprint density at radius 3 is 2.75 bits per heavy atom. The lowest BCUT2D eigenvalue weighted by Gasteiger charge is -1.98.